The Kier molecular flexibility index (Phi) is 7.74. The summed E-state index contributed by atoms with van der Waals surface area (Å²) in [5, 5.41) is 12.6. The molecule has 2 aromatic heterocycles. The van der Waals surface area contributed by atoms with Crippen molar-refractivity contribution < 1.29 is 9.21 Å². The van der Waals surface area contributed by atoms with Gasteiger partial charge in [0.05, 0.1) is 18.6 Å². The van der Waals surface area contributed by atoms with Gasteiger partial charge in [-0.2, -0.15) is 0 Å². The normalized spacial score (nSPS) is 12.3. The van der Waals surface area contributed by atoms with Gasteiger partial charge in [-0.05, 0) is 50.8 Å². The highest BCUT2D eigenvalue weighted by Gasteiger charge is 2.17. The summed E-state index contributed by atoms with van der Waals surface area (Å²) in [5.41, 5.74) is 2.15. The van der Waals surface area contributed by atoms with Crippen LogP contribution in [-0.4, -0.2) is 32.5 Å². The Balaban J connectivity index is 1.72. The molecule has 160 valence electrons. The van der Waals surface area contributed by atoms with E-state index in [0.29, 0.717) is 23.4 Å². The average molecular weight is 427 g/mol. The first kappa shape index (κ1) is 22.2. The fourth-order valence-electron chi connectivity index (χ4n) is 3.20. The maximum absolute atomic E-state index is 12.4. The Morgan fingerprint density at radius 1 is 1.17 bits per heavy atom. The van der Waals surface area contributed by atoms with Crippen molar-refractivity contribution in [1.29, 1.82) is 0 Å². The van der Waals surface area contributed by atoms with Crippen LogP contribution in [0.15, 0.2) is 52.2 Å². The van der Waals surface area contributed by atoms with Crippen molar-refractivity contribution in [1.82, 2.24) is 20.1 Å². The van der Waals surface area contributed by atoms with Crippen LogP contribution in [0, 0.1) is 12.8 Å². The number of amides is 1. The molecule has 3 aromatic rings. The van der Waals surface area contributed by atoms with Gasteiger partial charge in [0.2, 0.25) is 5.91 Å². The van der Waals surface area contributed by atoms with E-state index >= 15 is 0 Å². The third-order valence-corrected chi connectivity index (χ3v) is 5.77. The Morgan fingerprint density at radius 2 is 2.00 bits per heavy atom. The van der Waals surface area contributed by atoms with Crippen LogP contribution in [0.3, 0.4) is 0 Å². The van der Waals surface area contributed by atoms with Gasteiger partial charge in [-0.15, -0.1) is 10.2 Å². The van der Waals surface area contributed by atoms with Crippen molar-refractivity contribution in [3.05, 3.63) is 54.0 Å². The fraction of sp³-hybridized carbons (Fsp3) is 0.435. The summed E-state index contributed by atoms with van der Waals surface area (Å²) in [6.07, 6.45) is 3.75. The number of thioether (sulfide) groups is 1. The number of nitrogens with zero attached hydrogens (tertiary/aromatic N) is 3. The molecule has 1 aromatic carbocycles. The number of rotatable bonds is 10. The van der Waals surface area contributed by atoms with Crippen LogP contribution in [0.5, 0.6) is 0 Å². The highest BCUT2D eigenvalue weighted by molar-refractivity contribution is 7.99. The van der Waals surface area contributed by atoms with E-state index in [1.54, 1.807) is 6.26 Å². The zero-order valence-corrected chi connectivity index (χ0v) is 18.9. The summed E-state index contributed by atoms with van der Waals surface area (Å²) in [6.45, 7) is 9.01. The highest BCUT2D eigenvalue weighted by Crippen LogP contribution is 2.26. The molecule has 1 N–H and O–H groups in total. The van der Waals surface area contributed by atoms with Crippen LogP contribution < -0.4 is 5.32 Å². The second-order valence-corrected chi connectivity index (χ2v) is 9.01. The van der Waals surface area contributed by atoms with Crippen LogP contribution in [0.2, 0.25) is 0 Å². The molecule has 0 saturated heterocycles. The van der Waals surface area contributed by atoms with Crippen molar-refractivity contribution >= 4 is 17.7 Å². The molecule has 0 unspecified atom stereocenters. The number of carbonyl (C=O) groups is 1. The van der Waals surface area contributed by atoms with Crippen LogP contribution in [-0.2, 0) is 11.3 Å². The Bertz CT molecular complexity index is 950. The zero-order chi connectivity index (χ0) is 21.5. The van der Waals surface area contributed by atoms with E-state index in [2.05, 4.69) is 55.3 Å². The zero-order valence-electron chi connectivity index (χ0n) is 18.1. The number of aryl methyl sites for hydroxylation is 1. The number of hydrogen-bond donors (Lipinski definition) is 1. The van der Waals surface area contributed by atoms with E-state index in [1.807, 2.05) is 28.8 Å². The molecule has 0 aliphatic heterocycles. The number of carbonyl (C=O) groups excluding carboxylic acids is 1. The maximum atomic E-state index is 12.4. The van der Waals surface area contributed by atoms with Crippen molar-refractivity contribution in [3.63, 3.8) is 0 Å². The van der Waals surface area contributed by atoms with Crippen LogP contribution >= 0.6 is 11.8 Å². The minimum Gasteiger partial charge on any atom is -0.467 e. The molecule has 0 radical (unpaired) electrons. The predicted octanol–water partition coefficient (Wildman–Crippen LogP) is 4.93. The summed E-state index contributed by atoms with van der Waals surface area (Å²) >= 11 is 1.40. The number of hydrogen-bond acceptors (Lipinski definition) is 5. The smallest absolute Gasteiger partial charge is 0.230 e. The van der Waals surface area contributed by atoms with Gasteiger partial charge >= 0.3 is 0 Å². The number of furan rings is 1. The van der Waals surface area contributed by atoms with Crippen molar-refractivity contribution in [3.8, 4) is 11.4 Å². The second kappa shape index (κ2) is 10.5. The Morgan fingerprint density at radius 3 is 2.70 bits per heavy atom. The molecule has 6 nitrogen and oxygen atoms in total. The van der Waals surface area contributed by atoms with Gasteiger partial charge in [-0.25, -0.2) is 0 Å². The van der Waals surface area contributed by atoms with Crippen molar-refractivity contribution in [2.45, 2.75) is 58.3 Å². The first-order valence-corrected chi connectivity index (χ1v) is 11.4. The van der Waals surface area contributed by atoms with E-state index < -0.39 is 0 Å². The van der Waals surface area contributed by atoms with Gasteiger partial charge in [-0.3, -0.25) is 9.36 Å². The summed E-state index contributed by atoms with van der Waals surface area (Å²) in [5.74, 6) is 2.54. The molecular formula is C23H30N4O2S. The van der Waals surface area contributed by atoms with E-state index in [9.17, 15) is 4.79 Å². The van der Waals surface area contributed by atoms with E-state index in [4.69, 9.17) is 4.42 Å². The van der Waals surface area contributed by atoms with Crippen LogP contribution in [0.1, 0.15) is 44.9 Å². The van der Waals surface area contributed by atoms with Gasteiger partial charge in [0.1, 0.15) is 5.76 Å². The minimum absolute atomic E-state index is 0.0147. The number of benzene rings is 1. The van der Waals surface area contributed by atoms with Gasteiger partial charge in [0, 0.05) is 11.6 Å². The topological polar surface area (TPSA) is 73.0 Å². The predicted molar refractivity (Wildman–Crippen MR) is 120 cm³/mol. The third kappa shape index (κ3) is 6.23. The number of aromatic nitrogens is 3. The summed E-state index contributed by atoms with van der Waals surface area (Å²) < 4.78 is 7.54. The summed E-state index contributed by atoms with van der Waals surface area (Å²) in [7, 11) is 0. The Hall–Kier alpha value is -2.54. The molecule has 2 heterocycles. The second-order valence-electron chi connectivity index (χ2n) is 8.07. The minimum atomic E-state index is 0.0147. The lowest BCUT2D eigenvalue weighted by atomic mass is 10.0. The largest absolute Gasteiger partial charge is 0.467 e. The van der Waals surface area contributed by atoms with E-state index in [1.165, 1.54) is 11.8 Å². The molecule has 3 rings (SSSR count). The number of nitrogens with one attached hydrogen (secondary N) is 1. The molecular weight excluding hydrogens is 396 g/mol. The molecule has 0 aliphatic rings. The average Bonchev–Trinajstić information content (AvgIpc) is 3.35. The standard InChI is InChI=1S/C23H30N4O2S/c1-16(2)10-11-18(4)24-21(28)15-30-23-26-25-22(19-8-5-7-17(3)13-19)27(23)14-20-9-6-12-29-20/h5-9,12-13,16,18H,10-11,14-15H2,1-4H3,(H,24,28)/t18-/m1/s1. The molecule has 0 fully saturated rings. The molecule has 0 aliphatic carbocycles. The van der Waals surface area contributed by atoms with Gasteiger partial charge in [0.15, 0.2) is 11.0 Å². The molecule has 0 bridgehead atoms. The van der Waals surface area contributed by atoms with Crippen molar-refractivity contribution in [2.75, 3.05) is 5.75 Å². The van der Waals surface area contributed by atoms with Crippen LogP contribution in [0.4, 0.5) is 0 Å². The SMILES string of the molecule is Cc1cccc(-c2nnc(SCC(=O)N[C@H](C)CCC(C)C)n2Cc2ccco2)c1. The van der Waals surface area contributed by atoms with Gasteiger partial charge < -0.3 is 9.73 Å². The molecule has 1 atom stereocenters. The lowest BCUT2D eigenvalue weighted by Crippen LogP contribution is -2.34. The molecule has 30 heavy (non-hydrogen) atoms. The first-order valence-electron chi connectivity index (χ1n) is 10.4. The molecule has 7 heteroatoms. The quantitative estimate of drug-likeness (QED) is 0.466. The summed E-state index contributed by atoms with van der Waals surface area (Å²) in [6, 6.07) is 12.1. The third-order valence-electron chi connectivity index (χ3n) is 4.80. The lowest BCUT2D eigenvalue weighted by molar-refractivity contribution is -0.119. The van der Waals surface area contributed by atoms with Gasteiger partial charge in [0.25, 0.3) is 0 Å². The lowest BCUT2D eigenvalue weighted by Gasteiger charge is -2.15. The van der Waals surface area contributed by atoms with Crippen molar-refractivity contribution in [2.24, 2.45) is 5.92 Å². The van der Waals surface area contributed by atoms with Crippen LogP contribution in [0.25, 0.3) is 11.4 Å². The highest BCUT2D eigenvalue weighted by atomic mass is 32.2. The molecule has 1 amide bonds. The monoisotopic (exact) mass is 426 g/mol. The van der Waals surface area contributed by atoms with E-state index in [0.717, 1.165) is 35.6 Å². The maximum Gasteiger partial charge on any atom is 0.230 e. The van der Waals surface area contributed by atoms with Gasteiger partial charge in [-0.1, -0.05) is 49.4 Å². The molecule has 0 saturated carbocycles. The first-order chi connectivity index (χ1) is 14.4. The summed E-state index contributed by atoms with van der Waals surface area (Å²) in [4.78, 5) is 12.4. The van der Waals surface area contributed by atoms with E-state index in [-0.39, 0.29) is 11.9 Å². The Labute approximate surface area is 182 Å². The fourth-order valence-corrected chi connectivity index (χ4v) is 3.95. The molecule has 0 spiro atoms.